The number of ether oxygens (including phenoxy) is 1. The molecule has 7 heteroatoms. The first-order chi connectivity index (χ1) is 8.51. The Morgan fingerprint density at radius 3 is 3.00 bits per heavy atom. The number of fused-ring (bicyclic) bond motifs is 1. The summed E-state index contributed by atoms with van der Waals surface area (Å²) in [5.74, 6) is -1.01. The van der Waals surface area contributed by atoms with Crippen molar-refractivity contribution < 1.29 is 13.9 Å². The number of hydrogen-bond acceptors (Lipinski definition) is 5. The molecule has 1 atom stereocenters. The van der Waals surface area contributed by atoms with E-state index in [0.717, 1.165) is 5.56 Å². The summed E-state index contributed by atoms with van der Waals surface area (Å²) >= 11 is 3.32. The summed E-state index contributed by atoms with van der Waals surface area (Å²) in [7, 11) is 1.28. The van der Waals surface area contributed by atoms with Crippen LogP contribution < -0.4 is 11.5 Å². The number of aromatic nitrogens is 1. The molecule has 0 fully saturated rings. The first-order valence-corrected chi connectivity index (χ1v) is 5.95. The first-order valence-electron chi connectivity index (χ1n) is 5.16. The molecule has 0 aliphatic carbocycles. The molecule has 18 heavy (non-hydrogen) atoms. The Bertz CT molecular complexity index is 646. The Morgan fingerprint density at radius 1 is 1.61 bits per heavy atom. The number of carbonyl (C=O) groups is 1. The fourth-order valence-corrected chi connectivity index (χ4v) is 2.26. The van der Waals surface area contributed by atoms with Crippen molar-refractivity contribution in [1.29, 1.82) is 0 Å². The van der Waals surface area contributed by atoms with Crippen LogP contribution in [0.2, 0.25) is 0 Å². The van der Waals surface area contributed by atoms with E-state index in [0.29, 0.717) is 22.0 Å². The fraction of sp³-hybridized carbons (Fsp3) is 0.273. The lowest BCUT2D eigenvalue weighted by atomic mass is 10.1. The minimum Gasteiger partial charge on any atom is -0.468 e. The number of H-pyrrole nitrogens is 1. The van der Waals surface area contributed by atoms with E-state index in [1.165, 1.54) is 7.11 Å². The highest BCUT2D eigenvalue weighted by Gasteiger charge is 2.16. The number of oxazole rings is 1. The molecule has 0 aliphatic rings. The van der Waals surface area contributed by atoms with E-state index in [9.17, 15) is 9.59 Å². The first kappa shape index (κ1) is 12.8. The SMILES string of the molecule is COC(=O)C(N)Cc1cc(Br)c2[nH]c(=O)oc2c1. The number of nitrogens with two attached hydrogens (primary N) is 1. The summed E-state index contributed by atoms with van der Waals surface area (Å²) in [4.78, 5) is 24.9. The average Bonchev–Trinajstić information content (AvgIpc) is 2.69. The zero-order valence-corrected chi connectivity index (χ0v) is 11.1. The zero-order chi connectivity index (χ0) is 13.3. The molecular formula is C11H11BrN2O4. The van der Waals surface area contributed by atoms with Crippen LogP contribution in [0.4, 0.5) is 0 Å². The van der Waals surface area contributed by atoms with Crippen molar-refractivity contribution >= 4 is 33.0 Å². The molecule has 0 bridgehead atoms. The third kappa shape index (κ3) is 2.46. The van der Waals surface area contributed by atoms with Crippen molar-refractivity contribution in [2.75, 3.05) is 7.11 Å². The van der Waals surface area contributed by atoms with Crippen LogP contribution in [0.5, 0.6) is 0 Å². The lowest BCUT2D eigenvalue weighted by molar-refractivity contribution is -0.142. The van der Waals surface area contributed by atoms with Crippen LogP contribution >= 0.6 is 15.9 Å². The molecule has 2 rings (SSSR count). The van der Waals surface area contributed by atoms with Gasteiger partial charge < -0.3 is 14.9 Å². The molecule has 0 spiro atoms. The van der Waals surface area contributed by atoms with Crippen LogP contribution in [0, 0.1) is 0 Å². The van der Waals surface area contributed by atoms with Crippen LogP contribution in [-0.2, 0) is 16.0 Å². The summed E-state index contributed by atoms with van der Waals surface area (Å²) in [6.45, 7) is 0. The molecular weight excluding hydrogens is 304 g/mol. The summed E-state index contributed by atoms with van der Waals surface area (Å²) < 4.78 is 10.2. The fourth-order valence-electron chi connectivity index (χ4n) is 1.67. The molecule has 0 radical (unpaired) electrons. The summed E-state index contributed by atoms with van der Waals surface area (Å²) in [6.07, 6.45) is 0.302. The Hall–Kier alpha value is -1.60. The smallest absolute Gasteiger partial charge is 0.417 e. The molecule has 1 unspecified atom stereocenters. The predicted molar refractivity (Wildman–Crippen MR) is 68.2 cm³/mol. The summed E-state index contributed by atoms with van der Waals surface area (Å²) in [5.41, 5.74) is 7.44. The van der Waals surface area contributed by atoms with Crippen molar-refractivity contribution in [3.63, 3.8) is 0 Å². The molecule has 96 valence electrons. The largest absolute Gasteiger partial charge is 0.468 e. The van der Waals surface area contributed by atoms with Gasteiger partial charge in [-0.1, -0.05) is 0 Å². The lowest BCUT2D eigenvalue weighted by Crippen LogP contribution is -2.33. The van der Waals surface area contributed by atoms with Crippen LogP contribution in [0.3, 0.4) is 0 Å². The number of aromatic amines is 1. The predicted octanol–water partition coefficient (Wildman–Crippen LogP) is 0.926. The third-order valence-corrected chi connectivity index (χ3v) is 3.13. The Balaban J connectivity index is 2.35. The number of carbonyl (C=O) groups excluding carboxylic acids is 1. The summed E-state index contributed by atoms with van der Waals surface area (Å²) in [5, 5.41) is 0. The average molecular weight is 315 g/mol. The van der Waals surface area contributed by atoms with Crippen LogP contribution in [0.25, 0.3) is 11.1 Å². The van der Waals surface area contributed by atoms with E-state index in [1.54, 1.807) is 12.1 Å². The van der Waals surface area contributed by atoms with E-state index in [4.69, 9.17) is 10.2 Å². The van der Waals surface area contributed by atoms with Gasteiger partial charge in [-0.2, -0.15) is 0 Å². The van der Waals surface area contributed by atoms with Crippen LogP contribution in [0.1, 0.15) is 5.56 Å². The Labute approximate surface area is 110 Å². The molecule has 0 saturated carbocycles. The number of hydrogen-bond donors (Lipinski definition) is 2. The van der Waals surface area contributed by atoms with E-state index in [2.05, 4.69) is 25.7 Å². The monoisotopic (exact) mass is 314 g/mol. The van der Waals surface area contributed by atoms with Crippen LogP contribution in [-0.4, -0.2) is 24.1 Å². The van der Waals surface area contributed by atoms with E-state index < -0.39 is 17.8 Å². The molecule has 0 amide bonds. The van der Waals surface area contributed by atoms with Gasteiger partial charge in [-0.25, -0.2) is 4.79 Å². The summed E-state index contributed by atoms with van der Waals surface area (Å²) in [6, 6.07) is 2.70. The number of benzene rings is 1. The topological polar surface area (TPSA) is 98.3 Å². The number of rotatable bonds is 3. The molecule has 0 aliphatic heterocycles. The molecule has 1 aromatic heterocycles. The molecule has 2 aromatic rings. The normalized spacial score (nSPS) is 12.6. The van der Waals surface area contributed by atoms with Gasteiger partial charge in [0.15, 0.2) is 5.58 Å². The van der Waals surface area contributed by atoms with Gasteiger partial charge in [-0.3, -0.25) is 9.78 Å². The Morgan fingerprint density at radius 2 is 2.33 bits per heavy atom. The van der Waals surface area contributed by atoms with Gasteiger partial charge in [-0.15, -0.1) is 0 Å². The maximum atomic E-state index is 11.2. The van der Waals surface area contributed by atoms with Gasteiger partial charge in [-0.05, 0) is 40.0 Å². The van der Waals surface area contributed by atoms with E-state index in [-0.39, 0.29) is 0 Å². The second kappa shape index (κ2) is 4.95. The van der Waals surface area contributed by atoms with Gasteiger partial charge in [0.25, 0.3) is 0 Å². The number of esters is 1. The van der Waals surface area contributed by atoms with Crippen molar-refractivity contribution in [2.45, 2.75) is 12.5 Å². The standard InChI is InChI=1S/C11H11BrN2O4/c1-17-10(15)7(13)3-5-2-6(12)9-8(4-5)18-11(16)14-9/h2,4,7H,3,13H2,1H3,(H,14,16). The molecule has 1 aromatic carbocycles. The second-order valence-electron chi connectivity index (χ2n) is 3.80. The minimum atomic E-state index is -0.745. The van der Waals surface area contributed by atoms with Crippen molar-refractivity contribution in [3.05, 3.63) is 32.7 Å². The Kier molecular flexibility index (Phi) is 3.53. The van der Waals surface area contributed by atoms with E-state index in [1.807, 2.05) is 0 Å². The van der Waals surface area contributed by atoms with Gasteiger partial charge in [0.05, 0.1) is 7.11 Å². The lowest BCUT2D eigenvalue weighted by Gasteiger charge is -2.09. The van der Waals surface area contributed by atoms with Gasteiger partial charge in [0, 0.05) is 4.47 Å². The molecule has 0 saturated heterocycles. The van der Waals surface area contributed by atoms with Gasteiger partial charge in [0.1, 0.15) is 11.6 Å². The second-order valence-corrected chi connectivity index (χ2v) is 4.65. The number of halogens is 1. The third-order valence-electron chi connectivity index (χ3n) is 2.50. The van der Waals surface area contributed by atoms with Crippen molar-refractivity contribution in [2.24, 2.45) is 5.73 Å². The van der Waals surface area contributed by atoms with Gasteiger partial charge >= 0.3 is 11.7 Å². The van der Waals surface area contributed by atoms with Gasteiger partial charge in [0.2, 0.25) is 0 Å². The van der Waals surface area contributed by atoms with E-state index >= 15 is 0 Å². The molecule has 6 nitrogen and oxygen atoms in total. The quantitative estimate of drug-likeness (QED) is 0.821. The highest BCUT2D eigenvalue weighted by Crippen LogP contribution is 2.24. The maximum Gasteiger partial charge on any atom is 0.417 e. The maximum absolute atomic E-state index is 11.2. The minimum absolute atomic E-state index is 0.302. The van der Waals surface area contributed by atoms with Crippen molar-refractivity contribution in [1.82, 2.24) is 4.98 Å². The highest BCUT2D eigenvalue weighted by molar-refractivity contribution is 9.10. The molecule has 3 N–H and O–H groups in total. The number of nitrogens with one attached hydrogen (secondary N) is 1. The van der Waals surface area contributed by atoms with Crippen molar-refractivity contribution in [3.8, 4) is 0 Å². The number of methoxy groups -OCH3 is 1. The highest BCUT2D eigenvalue weighted by atomic mass is 79.9. The zero-order valence-electron chi connectivity index (χ0n) is 9.53. The molecule has 1 heterocycles. The van der Waals surface area contributed by atoms with Crippen LogP contribution in [0.15, 0.2) is 25.8 Å².